The third kappa shape index (κ3) is 4.92. The van der Waals surface area contributed by atoms with E-state index in [0.717, 1.165) is 11.4 Å². The van der Waals surface area contributed by atoms with Crippen molar-refractivity contribution in [2.75, 3.05) is 4.90 Å². The Morgan fingerprint density at radius 3 is 1.72 bits per heavy atom. The average molecular weight is 784 g/mol. The van der Waals surface area contributed by atoms with Crippen LogP contribution < -0.4 is 4.90 Å². The van der Waals surface area contributed by atoms with Crippen LogP contribution in [-0.2, 0) is 10.8 Å². The van der Waals surface area contributed by atoms with E-state index in [9.17, 15) is 0 Å². The molecule has 2 unspecified atom stereocenters. The largest absolute Gasteiger partial charge is 0.310 e. The minimum Gasteiger partial charge on any atom is -0.310 e. The average Bonchev–Trinajstić information content (AvgIpc) is 3.92. The first-order valence-corrected chi connectivity index (χ1v) is 21.7. The number of hydrogen-bond acceptors (Lipinski definition) is 2. The monoisotopic (exact) mass is 783 g/mol. The molecule has 12 rings (SSSR count). The molecule has 2 aliphatic carbocycles. The Hall–Kier alpha value is -7.00. The summed E-state index contributed by atoms with van der Waals surface area (Å²) in [7, 11) is 0. The topological polar surface area (TPSA) is 3.24 Å². The fraction of sp³-hybridized carbons (Fsp3) is 0.0690. The van der Waals surface area contributed by atoms with Gasteiger partial charge in [-0.1, -0.05) is 176 Å². The smallest absolute Gasteiger partial charge is 0.0543 e. The van der Waals surface area contributed by atoms with Gasteiger partial charge < -0.3 is 4.90 Å². The number of anilines is 3. The van der Waals surface area contributed by atoms with E-state index in [0.29, 0.717) is 0 Å². The number of thiophene rings is 1. The van der Waals surface area contributed by atoms with Gasteiger partial charge in [-0.25, -0.2) is 0 Å². The van der Waals surface area contributed by atoms with Crippen LogP contribution in [0.3, 0.4) is 0 Å². The van der Waals surface area contributed by atoms with Gasteiger partial charge in [-0.2, -0.15) is 0 Å². The first-order chi connectivity index (χ1) is 29.5. The number of rotatable bonds is 6. The van der Waals surface area contributed by atoms with Crippen molar-refractivity contribution >= 4 is 48.6 Å². The molecule has 0 radical (unpaired) electrons. The first kappa shape index (κ1) is 35.0. The molecule has 0 saturated heterocycles. The number of fused-ring (bicyclic) bond motifs is 9. The highest BCUT2D eigenvalue weighted by Crippen LogP contribution is 2.58. The summed E-state index contributed by atoms with van der Waals surface area (Å²) >= 11 is 1.89. The van der Waals surface area contributed by atoms with Gasteiger partial charge in [0.15, 0.2) is 0 Å². The lowest BCUT2D eigenvalue weighted by molar-refractivity contribution is 0.713. The maximum Gasteiger partial charge on any atom is 0.0543 e. The Bertz CT molecular complexity index is 3310. The predicted octanol–water partition coefficient (Wildman–Crippen LogP) is 15.9. The predicted molar refractivity (Wildman–Crippen MR) is 254 cm³/mol. The van der Waals surface area contributed by atoms with Gasteiger partial charge in [-0.05, 0) is 111 Å². The van der Waals surface area contributed by atoms with Gasteiger partial charge in [0.05, 0.1) is 5.69 Å². The van der Waals surface area contributed by atoms with Crippen molar-refractivity contribution in [1.29, 1.82) is 0 Å². The summed E-state index contributed by atoms with van der Waals surface area (Å²) in [6, 6.07) is 79.1. The van der Waals surface area contributed by atoms with Crippen LogP contribution in [0.25, 0.3) is 53.6 Å². The molecule has 2 heteroatoms. The summed E-state index contributed by atoms with van der Waals surface area (Å²) in [6.07, 6.45) is 0. The van der Waals surface area contributed by atoms with Crippen LogP contribution in [0.15, 0.2) is 212 Å². The Labute approximate surface area is 355 Å². The molecular formula is C58H41NS. The van der Waals surface area contributed by atoms with Gasteiger partial charge in [-0.15, -0.1) is 11.3 Å². The molecule has 1 aromatic heterocycles. The van der Waals surface area contributed by atoms with Gasteiger partial charge in [0.2, 0.25) is 0 Å². The first-order valence-electron chi connectivity index (χ1n) is 20.9. The van der Waals surface area contributed by atoms with Crippen LogP contribution in [0.5, 0.6) is 0 Å². The van der Waals surface area contributed by atoms with E-state index in [4.69, 9.17) is 0 Å². The normalized spacial score (nSPS) is 17.3. The van der Waals surface area contributed by atoms with Gasteiger partial charge in [0, 0.05) is 47.9 Å². The van der Waals surface area contributed by atoms with Crippen molar-refractivity contribution in [2.24, 2.45) is 0 Å². The van der Waals surface area contributed by atoms with Crippen molar-refractivity contribution in [3.8, 4) is 33.4 Å². The Balaban J connectivity index is 1.12. The Morgan fingerprint density at radius 1 is 0.383 bits per heavy atom. The molecule has 284 valence electrons. The second-order valence-electron chi connectivity index (χ2n) is 16.7. The maximum atomic E-state index is 2.53. The lowest BCUT2D eigenvalue weighted by atomic mass is 9.74. The molecule has 1 heterocycles. The van der Waals surface area contributed by atoms with E-state index in [1.165, 1.54) is 92.6 Å². The molecule has 0 bridgehead atoms. The minimum absolute atomic E-state index is 0.274. The fourth-order valence-electron chi connectivity index (χ4n) is 10.7. The molecule has 2 atom stereocenters. The Kier molecular flexibility index (Phi) is 7.73. The molecule has 0 spiro atoms. The third-order valence-electron chi connectivity index (χ3n) is 13.6. The van der Waals surface area contributed by atoms with Gasteiger partial charge in [0.1, 0.15) is 0 Å². The number of hydrogen-bond donors (Lipinski definition) is 0. The molecule has 0 fully saturated rings. The zero-order valence-corrected chi connectivity index (χ0v) is 34.4. The van der Waals surface area contributed by atoms with Crippen LogP contribution in [0.2, 0.25) is 0 Å². The van der Waals surface area contributed by atoms with E-state index in [2.05, 4.69) is 231 Å². The van der Waals surface area contributed by atoms with Crippen LogP contribution in [-0.4, -0.2) is 0 Å². The van der Waals surface area contributed by atoms with E-state index in [1.807, 2.05) is 11.3 Å². The summed E-state index contributed by atoms with van der Waals surface area (Å²) in [6.45, 7) is 4.80. The van der Waals surface area contributed by atoms with Crippen molar-refractivity contribution in [3.63, 3.8) is 0 Å². The molecule has 0 aliphatic heterocycles. The van der Waals surface area contributed by atoms with E-state index in [1.54, 1.807) is 0 Å². The molecule has 0 saturated carbocycles. The number of benzene rings is 9. The quantitative estimate of drug-likeness (QED) is 0.162. The minimum atomic E-state index is -0.318. The van der Waals surface area contributed by atoms with E-state index < -0.39 is 0 Å². The lowest BCUT2D eigenvalue weighted by Gasteiger charge is -2.31. The van der Waals surface area contributed by atoms with Crippen molar-refractivity contribution in [3.05, 3.63) is 246 Å². The molecule has 0 N–H and O–H groups in total. The summed E-state index contributed by atoms with van der Waals surface area (Å²) in [4.78, 5) is 2.53. The van der Waals surface area contributed by atoms with Crippen molar-refractivity contribution < 1.29 is 0 Å². The zero-order valence-electron chi connectivity index (χ0n) is 33.6. The van der Waals surface area contributed by atoms with Crippen LogP contribution in [0.4, 0.5) is 17.1 Å². The molecular weight excluding hydrogens is 743 g/mol. The molecule has 10 aromatic rings. The molecule has 60 heavy (non-hydrogen) atoms. The summed E-state index contributed by atoms with van der Waals surface area (Å²) in [5, 5.41) is 2.63. The van der Waals surface area contributed by atoms with Gasteiger partial charge in [0.25, 0.3) is 0 Å². The summed E-state index contributed by atoms with van der Waals surface area (Å²) < 4.78 is 2.64. The number of nitrogens with zero attached hydrogens (tertiary/aromatic N) is 1. The summed E-state index contributed by atoms with van der Waals surface area (Å²) in [5.74, 6) is 0. The van der Waals surface area contributed by atoms with Crippen molar-refractivity contribution in [2.45, 2.75) is 24.7 Å². The van der Waals surface area contributed by atoms with Crippen LogP contribution >= 0.6 is 11.3 Å². The van der Waals surface area contributed by atoms with Gasteiger partial charge in [-0.3, -0.25) is 0 Å². The van der Waals surface area contributed by atoms with Crippen LogP contribution in [0, 0.1) is 0 Å². The van der Waals surface area contributed by atoms with E-state index in [-0.39, 0.29) is 10.8 Å². The van der Waals surface area contributed by atoms with Gasteiger partial charge >= 0.3 is 0 Å². The standard InChI is InChI=1S/C58H41NS/c1-57(39-19-5-3-6-20-39)49-29-12-9-24-44(49)48-37-42(34-35-51(48)57)59(41-23-15-18-38(36-41)43-27-16-28-46-45-25-11-14-33-54(45)60-56(43)46)53-32-17-31-52-55(53)47-26-10-13-30-50(47)58(52,2)40-21-7-4-8-22-40/h3-37H,1-2H3. The molecule has 0 amide bonds. The maximum absolute atomic E-state index is 2.53. The summed E-state index contributed by atoms with van der Waals surface area (Å²) in [5.41, 5.74) is 18.4. The second-order valence-corrected chi connectivity index (χ2v) is 17.7. The highest BCUT2D eigenvalue weighted by Gasteiger charge is 2.44. The highest BCUT2D eigenvalue weighted by molar-refractivity contribution is 7.26. The van der Waals surface area contributed by atoms with Crippen LogP contribution in [0.1, 0.15) is 47.2 Å². The lowest BCUT2D eigenvalue weighted by Crippen LogP contribution is -2.22. The zero-order chi connectivity index (χ0) is 40.0. The second kappa shape index (κ2) is 13.3. The Morgan fingerprint density at radius 2 is 0.933 bits per heavy atom. The van der Waals surface area contributed by atoms with Crippen molar-refractivity contribution in [1.82, 2.24) is 0 Å². The van der Waals surface area contributed by atoms with E-state index >= 15 is 0 Å². The third-order valence-corrected chi connectivity index (χ3v) is 14.9. The fourth-order valence-corrected chi connectivity index (χ4v) is 12.0. The SMILES string of the molecule is CC1(c2ccccc2)c2ccccc2-c2cc(N(c3cccc(-c4cccc5c4sc4ccccc45)c3)c3cccc4c3-c3ccccc3C4(C)c3ccccc3)ccc21. The molecule has 2 aliphatic rings. The highest BCUT2D eigenvalue weighted by atomic mass is 32.1. The molecule has 1 nitrogen and oxygen atoms in total. The molecule has 9 aromatic carbocycles.